The molecule has 5 heteroatoms. The molecule has 0 aliphatic carbocycles. The molecule has 0 aliphatic rings. The van der Waals surface area contributed by atoms with Crippen molar-refractivity contribution >= 4 is 5.82 Å². The summed E-state index contributed by atoms with van der Waals surface area (Å²) in [6, 6.07) is 3.39. The van der Waals surface area contributed by atoms with Crippen LogP contribution in [0.5, 0.6) is 0 Å². The molecule has 0 spiro atoms. The van der Waals surface area contributed by atoms with Crippen LogP contribution < -0.4 is 5.73 Å². The fourth-order valence-corrected chi connectivity index (χ4v) is 2.36. The molecular formula is C14H17F2N3. The van der Waals surface area contributed by atoms with Gasteiger partial charge in [0.15, 0.2) is 5.82 Å². The number of aromatic nitrogens is 2. The molecule has 0 fully saturated rings. The Balaban J connectivity index is 2.58. The zero-order chi connectivity index (χ0) is 14.0. The highest BCUT2D eigenvalue weighted by molar-refractivity contribution is 5.76. The number of rotatable bonds is 4. The van der Waals surface area contributed by atoms with Gasteiger partial charge in [-0.05, 0) is 30.5 Å². The van der Waals surface area contributed by atoms with Gasteiger partial charge < -0.3 is 5.73 Å². The number of anilines is 1. The smallest absolute Gasteiger partial charge is 0.153 e. The van der Waals surface area contributed by atoms with E-state index < -0.39 is 11.6 Å². The van der Waals surface area contributed by atoms with Gasteiger partial charge in [0.05, 0.1) is 0 Å². The van der Waals surface area contributed by atoms with Crippen LogP contribution in [0.4, 0.5) is 14.6 Å². The summed E-state index contributed by atoms with van der Waals surface area (Å²) < 4.78 is 26.7. The standard InChI is InChI=1S/C14H17F2N3/c1-3-8(4-2)13-12(14(17)19-18-13)9-5-10(15)7-11(16)6-9/h5-8H,3-4H2,1-2H3,(H3,17,18,19). The zero-order valence-corrected chi connectivity index (χ0v) is 11.0. The maximum Gasteiger partial charge on any atom is 0.153 e. The van der Waals surface area contributed by atoms with Crippen molar-refractivity contribution in [3.8, 4) is 11.1 Å². The monoisotopic (exact) mass is 265 g/mol. The van der Waals surface area contributed by atoms with E-state index in [1.165, 1.54) is 12.1 Å². The maximum absolute atomic E-state index is 13.3. The Hall–Kier alpha value is -1.91. The van der Waals surface area contributed by atoms with Crippen molar-refractivity contribution in [2.75, 3.05) is 5.73 Å². The van der Waals surface area contributed by atoms with Crippen molar-refractivity contribution in [2.24, 2.45) is 0 Å². The SMILES string of the molecule is CCC(CC)c1[nH]nc(N)c1-c1cc(F)cc(F)c1. The highest BCUT2D eigenvalue weighted by Gasteiger charge is 2.20. The number of nitrogens with zero attached hydrogens (tertiary/aromatic N) is 1. The first-order valence-corrected chi connectivity index (χ1v) is 6.37. The molecule has 2 rings (SSSR count). The molecule has 0 amide bonds. The van der Waals surface area contributed by atoms with Crippen LogP contribution in [0.1, 0.15) is 38.3 Å². The molecule has 0 bridgehead atoms. The summed E-state index contributed by atoms with van der Waals surface area (Å²) in [6.45, 7) is 4.11. The summed E-state index contributed by atoms with van der Waals surface area (Å²) in [6.07, 6.45) is 1.81. The van der Waals surface area contributed by atoms with Crippen molar-refractivity contribution in [2.45, 2.75) is 32.6 Å². The predicted molar refractivity (Wildman–Crippen MR) is 71.7 cm³/mol. The molecule has 19 heavy (non-hydrogen) atoms. The highest BCUT2D eigenvalue weighted by Crippen LogP contribution is 2.35. The number of hydrogen-bond donors (Lipinski definition) is 2. The van der Waals surface area contributed by atoms with E-state index >= 15 is 0 Å². The lowest BCUT2D eigenvalue weighted by molar-refractivity contribution is 0.584. The lowest BCUT2D eigenvalue weighted by Gasteiger charge is -2.13. The number of H-pyrrole nitrogens is 1. The molecule has 0 radical (unpaired) electrons. The molecule has 1 aromatic heterocycles. The molecular weight excluding hydrogens is 248 g/mol. The lowest BCUT2D eigenvalue weighted by atomic mass is 9.93. The van der Waals surface area contributed by atoms with E-state index in [-0.39, 0.29) is 11.7 Å². The van der Waals surface area contributed by atoms with Crippen molar-refractivity contribution in [3.63, 3.8) is 0 Å². The number of nitrogen functional groups attached to an aromatic ring is 1. The van der Waals surface area contributed by atoms with E-state index in [1.807, 2.05) is 0 Å². The second-order valence-electron chi connectivity index (χ2n) is 4.57. The molecule has 102 valence electrons. The van der Waals surface area contributed by atoms with Crippen LogP contribution in [0.15, 0.2) is 18.2 Å². The molecule has 0 saturated carbocycles. The van der Waals surface area contributed by atoms with Gasteiger partial charge in [0, 0.05) is 23.2 Å². The number of halogens is 2. The fraction of sp³-hybridized carbons (Fsp3) is 0.357. The molecule has 0 atom stereocenters. The predicted octanol–water partition coefficient (Wildman–Crippen LogP) is 3.84. The van der Waals surface area contributed by atoms with E-state index in [1.54, 1.807) is 0 Å². The van der Waals surface area contributed by atoms with Crippen molar-refractivity contribution in [1.29, 1.82) is 0 Å². The molecule has 0 aliphatic heterocycles. The zero-order valence-electron chi connectivity index (χ0n) is 11.0. The first kappa shape index (κ1) is 13.5. The van der Waals surface area contributed by atoms with Crippen LogP contribution in [0.2, 0.25) is 0 Å². The topological polar surface area (TPSA) is 54.7 Å². The summed E-state index contributed by atoms with van der Waals surface area (Å²) in [5.74, 6) is -0.727. The van der Waals surface area contributed by atoms with Crippen LogP contribution in [0.3, 0.4) is 0 Å². The first-order valence-electron chi connectivity index (χ1n) is 6.37. The van der Waals surface area contributed by atoms with Gasteiger partial charge in [-0.3, -0.25) is 5.10 Å². The van der Waals surface area contributed by atoms with E-state index in [0.717, 1.165) is 24.6 Å². The Kier molecular flexibility index (Phi) is 3.83. The molecule has 1 aromatic carbocycles. The van der Waals surface area contributed by atoms with Gasteiger partial charge in [0.1, 0.15) is 11.6 Å². The van der Waals surface area contributed by atoms with E-state index in [4.69, 9.17) is 5.73 Å². The summed E-state index contributed by atoms with van der Waals surface area (Å²) >= 11 is 0. The van der Waals surface area contributed by atoms with Gasteiger partial charge in [-0.15, -0.1) is 0 Å². The maximum atomic E-state index is 13.3. The molecule has 1 heterocycles. The average molecular weight is 265 g/mol. The second-order valence-corrected chi connectivity index (χ2v) is 4.57. The summed E-state index contributed by atoms with van der Waals surface area (Å²) in [5.41, 5.74) is 7.70. The second kappa shape index (κ2) is 5.38. The average Bonchev–Trinajstić information content (AvgIpc) is 2.72. The largest absolute Gasteiger partial charge is 0.382 e. The minimum atomic E-state index is -0.619. The number of benzene rings is 1. The van der Waals surface area contributed by atoms with Crippen LogP contribution in [-0.2, 0) is 0 Å². The summed E-state index contributed by atoms with van der Waals surface area (Å²) in [5, 5.41) is 6.87. The molecule has 2 aromatic rings. The van der Waals surface area contributed by atoms with Gasteiger partial charge in [0.25, 0.3) is 0 Å². The molecule has 3 nitrogen and oxygen atoms in total. The Morgan fingerprint density at radius 3 is 2.26 bits per heavy atom. The van der Waals surface area contributed by atoms with Gasteiger partial charge in [-0.1, -0.05) is 13.8 Å². The minimum absolute atomic E-state index is 0.242. The molecule has 0 saturated heterocycles. The van der Waals surface area contributed by atoms with Gasteiger partial charge in [0.2, 0.25) is 0 Å². The van der Waals surface area contributed by atoms with Crippen LogP contribution in [0, 0.1) is 11.6 Å². The van der Waals surface area contributed by atoms with Gasteiger partial charge >= 0.3 is 0 Å². The number of aromatic amines is 1. The third-order valence-corrected chi connectivity index (χ3v) is 3.37. The van der Waals surface area contributed by atoms with E-state index in [2.05, 4.69) is 24.0 Å². The quantitative estimate of drug-likeness (QED) is 0.882. The van der Waals surface area contributed by atoms with Crippen LogP contribution in [-0.4, -0.2) is 10.2 Å². The number of nitrogens with two attached hydrogens (primary N) is 1. The van der Waals surface area contributed by atoms with Crippen molar-refractivity contribution in [1.82, 2.24) is 10.2 Å². The van der Waals surface area contributed by atoms with E-state index in [0.29, 0.717) is 11.1 Å². The molecule has 3 N–H and O–H groups in total. The third kappa shape index (κ3) is 2.59. The number of nitrogens with one attached hydrogen (secondary N) is 1. The molecule has 0 unspecified atom stereocenters. The fourth-order valence-electron chi connectivity index (χ4n) is 2.36. The summed E-state index contributed by atoms with van der Waals surface area (Å²) in [7, 11) is 0. The Labute approximate surface area is 110 Å². The van der Waals surface area contributed by atoms with Crippen LogP contribution in [0.25, 0.3) is 11.1 Å². The Morgan fingerprint density at radius 2 is 1.74 bits per heavy atom. The minimum Gasteiger partial charge on any atom is -0.382 e. The van der Waals surface area contributed by atoms with Gasteiger partial charge in [-0.2, -0.15) is 5.10 Å². The Bertz CT molecular complexity index is 554. The van der Waals surface area contributed by atoms with Crippen molar-refractivity contribution < 1.29 is 8.78 Å². The van der Waals surface area contributed by atoms with Crippen LogP contribution >= 0.6 is 0 Å². The van der Waals surface area contributed by atoms with Gasteiger partial charge in [-0.25, -0.2) is 8.78 Å². The Morgan fingerprint density at radius 1 is 1.16 bits per heavy atom. The van der Waals surface area contributed by atoms with Crippen molar-refractivity contribution in [3.05, 3.63) is 35.5 Å². The summed E-state index contributed by atoms with van der Waals surface area (Å²) in [4.78, 5) is 0. The first-order chi connectivity index (χ1) is 9.06. The number of hydrogen-bond acceptors (Lipinski definition) is 2. The normalized spacial score (nSPS) is 11.2. The lowest BCUT2D eigenvalue weighted by Crippen LogP contribution is -1.99. The van der Waals surface area contributed by atoms with E-state index in [9.17, 15) is 8.78 Å². The third-order valence-electron chi connectivity index (χ3n) is 3.37. The highest BCUT2D eigenvalue weighted by atomic mass is 19.1.